The van der Waals surface area contributed by atoms with Crippen LogP contribution >= 0.6 is 11.8 Å². The molecular weight excluding hydrogens is 460 g/mol. The van der Waals surface area contributed by atoms with Gasteiger partial charge in [0.1, 0.15) is 12.7 Å². The maximum absolute atomic E-state index is 11.9. The van der Waals surface area contributed by atoms with Gasteiger partial charge in [0.25, 0.3) is 0 Å². The highest BCUT2D eigenvalue weighted by Crippen LogP contribution is 2.45. The molecule has 1 fully saturated rings. The van der Waals surface area contributed by atoms with Crippen LogP contribution in [0.4, 0.5) is 16.2 Å². The first kappa shape index (κ1) is 23.3. The lowest BCUT2D eigenvalue weighted by Crippen LogP contribution is -2.18. The van der Waals surface area contributed by atoms with E-state index in [4.69, 9.17) is 10.5 Å². The number of hydrogen-bond acceptors (Lipinski definition) is 6. The first-order valence-electron chi connectivity index (χ1n) is 12.0. The lowest BCUT2D eigenvalue weighted by atomic mass is 9.92. The van der Waals surface area contributed by atoms with Crippen molar-refractivity contribution in [3.63, 3.8) is 0 Å². The minimum atomic E-state index is -0.454. The van der Waals surface area contributed by atoms with Crippen LogP contribution in [0.25, 0.3) is 22.2 Å². The summed E-state index contributed by atoms with van der Waals surface area (Å²) in [6.07, 6.45) is 6.22. The minimum Gasteiger partial charge on any atom is -0.447 e. The van der Waals surface area contributed by atoms with Crippen LogP contribution in [0.3, 0.4) is 0 Å². The van der Waals surface area contributed by atoms with Gasteiger partial charge in [-0.25, -0.2) is 9.78 Å². The summed E-state index contributed by atoms with van der Waals surface area (Å²) in [6, 6.07) is 14.8. The molecule has 2 heterocycles. The molecule has 182 valence electrons. The van der Waals surface area contributed by atoms with Gasteiger partial charge in [-0.3, -0.25) is 10.00 Å². The summed E-state index contributed by atoms with van der Waals surface area (Å²) in [5.41, 5.74) is 11.5. The first-order chi connectivity index (χ1) is 17.0. The van der Waals surface area contributed by atoms with Crippen LogP contribution in [0.5, 0.6) is 0 Å². The van der Waals surface area contributed by atoms with Gasteiger partial charge < -0.3 is 15.0 Å². The van der Waals surface area contributed by atoms with Crippen LogP contribution in [-0.4, -0.2) is 37.3 Å². The molecule has 3 N–H and O–H groups in total. The van der Waals surface area contributed by atoms with Gasteiger partial charge in [0.2, 0.25) is 0 Å². The van der Waals surface area contributed by atoms with Crippen molar-refractivity contribution in [3.8, 4) is 11.3 Å². The largest absolute Gasteiger partial charge is 0.447 e. The Labute approximate surface area is 208 Å². The van der Waals surface area contributed by atoms with Gasteiger partial charge in [0, 0.05) is 33.3 Å². The average Bonchev–Trinajstić information content (AvgIpc) is 3.40. The Morgan fingerprint density at radius 2 is 2.03 bits per heavy atom. The molecule has 2 aromatic carbocycles. The van der Waals surface area contributed by atoms with E-state index in [1.54, 1.807) is 12.7 Å². The predicted octanol–water partition coefficient (Wildman–Crippen LogP) is 5.96. The molecule has 0 atom stereocenters. The van der Waals surface area contributed by atoms with Gasteiger partial charge in [-0.05, 0) is 63.4 Å². The standard InChI is InChI=1S/C26H30N6O2S/c1-17(2)34-26(33)30-19-8-6-18(7-9-19)25-24(27)22-11-10-21(35-13-12-31-16-28-15-29-31)14-23(22)32(25)20-4-3-5-20/h6-11,14-17,20H,3-5,12-13,27H2,1-2H3,(H,30,33). The number of hydrogen-bond donors (Lipinski definition) is 2. The normalized spacial score (nSPS) is 13.8. The summed E-state index contributed by atoms with van der Waals surface area (Å²) in [6.45, 7) is 4.46. The first-order valence-corrected chi connectivity index (χ1v) is 12.9. The van der Waals surface area contributed by atoms with Crippen molar-refractivity contribution in [1.82, 2.24) is 19.3 Å². The molecule has 1 saturated carbocycles. The SMILES string of the molecule is CC(C)OC(=O)Nc1ccc(-c2c(N)c3ccc(SCCn4cncn4)cc3n2C2CCC2)cc1. The molecule has 1 aliphatic carbocycles. The van der Waals surface area contributed by atoms with E-state index in [1.165, 1.54) is 16.8 Å². The Morgan fingerprint density at radius 3 is 2.69 bits per heavy atom. The molecule has 35 heavy (non-hydrogen) atoms. The number of carbonyl (C=O) groups excluding carboxylic acids is 1. The predicted molar refractivity (Wildman–Crippen MR) is 141 cm³/mol. The van der Waals surface area contributed by atoms with Gasteiger partial charge in [-0.2, -0.15) is 5.10 Å². The molecule has 0 bridgehead atoms. The van der Waals surface area contributed by atoms with E-state index < -0.39 is 6.09 Å². The molecule has 2 aromatic heterocycles. The zero-order valence-corrected chi connectivity index (χ0v) is 20.8. The number of nitrogen functional groups attached to an aromatic ring is 1. The van der Waals surface area contributed by atoms with E-state index in [2.05, 4.69) is 38.2 Å². The van der Waals surface area contributed by atoms with Gasteiger partial charge in [-0.1, -0.05) is 12.1 Å². The molecule has 0 unspecified atom stereocenters. The fourth-order valence-electron chi connectivity index (χ4n) is 4.40. The minimum absolute atomic E-state index is 0.169. The Morgan fingerprint density at radius 1 is 1.23 bits per heavy atom. The van der Waals surface area contributed by atoms with Gasteiger partial charge >= 0.3 is 6.09 Å². The topological polar surface area (TPSA) is 100.0 Å². The molecule has 0 spiro atoms. The fraction of sp³-hybridized carbons (Fsp3) is 0.346. The lowest BCUT2D eigenvalue weighted by molar-refractivity contribution is 0.130. The Bertz CT molecular complexity index is 1310. The molecule has 0 saturated heterocycles. The van der Waals surface area contributed by atoms with Crippen LogP contribution in [-0.2, 0) is 11.3 Å². The summed E-state index contributed by atoms with van der Waals surface area (Å²) in [5.74, 6) is 0.912. The monoisotopic (exact) mass is 490 g/mol. The van der Waals surface area contributed by atoms with Crippen LogP contribution in [0.1, 0.15) is 39.2 Å². The third-order valence-corrected chi connectivity index (χ3v) is 7.23. The molecular formula is C26H30N6O2S. The van der Waals surface area contributed by atoms with E-state index in [0.29, 0.717) is 11.7 Å². The zero-order chi connectivity index (χ0) is 24.4. The van der Waals surface area contributed by atoms with Crippen LogP contribution in [0, 0.1) is 0 Å². The van der Waals surface area contributed by atoms with Crippen molar-refractivity contribution >= 4 is 40.1 Å². The van der Waals surface area contributed by atoms with E-state index >= 15 is 0 Å². The summed E-state index contributed by atoms with van der Waals surface area (Å²) >= 11 is 1.81. The number of thioether (sulfide) groups is 1. The van der Waals surface area contributed by atoms with Crippen molar-refractivity contribution in [2.24, 2.45) is 0 Å². The molecule has 1 aliphatic rings. The smallest absolute Gasteiger partial charge is 0.411 e. The molecule has 1 amide bonds. The van der Waals surface area contributed by atoms with Crippen LogP contribution in [0.2, 0.25) is 0 Å². The van der Waals surface area contributed by atoms with E-state index in [0.717, 1.165) is 47.5 Å². The van der Waals surface area contributed by atoms with Crippen LogP contribution < -0.4 is 11.1 Å². The summed E-state index contributed by atoms with van der Waals surface area (Å²) in [5, 5.41) is 8.03. The van der Waals surface area contributed by atoms with E-state index in [9.17, 15) is 4.79 Å². The third-order valence-electron chi connectivity index (χ3n) is 6.26. The van der Waals surface area contributed by atoms with Crippen molar-refractivity contribution in [1.29, 1.82) is 0 Å². The highest BCUT2D eigenvalue weighted by molar-refractivity contribution is 7.99. The number of rotatable bonds is 8. The van der Waals surface area contributed by atoms with Gasteiger partial charge in [0.05, 0.1) is 29.5 Å². The van der Waals surface area contributed by atoms with Crippen molar-refractivity contribution < 1.29 is 9.53 Å². The van der Waals surface area contributed by atoms with Gasteiger partial charge in [0.15, 0.2) is 0 Å². The Hall–Kier alpha value is -3.46. The summed E-state index contributed by atoms with van der Waals surface area (Å²) < 4.78 is 9.45. The number of benzene rings is 2. The number of fused-ring (bicyclic) bond motifs is 1. The molecule has 0 aliphatic heterocycles. The third kappa shape index (κ3) is 5.00. The Kier molecular flexibility index (Phi) is 6.68. The second-order valence-electron chi connectivity index (χ2n) is 9.06. The van der Waals surface area contributed by atoms with Crippen molar-refractivity contribution in [3.05, 3.63) is 55.1 Å². The Balaban J connectivity index is 1.43. The highest BCUT2D eigenvalue weighted by atomic mass is 32.2. The molecule has 8 nitrogen and oxygen atoms in total. The quantitative estimate of drug-likeness (QED) is 0.296. The summed E-state index contributed by atoms with van der Waals surface area (Å²) in [7, 11) is 0. The molecule has 0 radical (unpaired) electrons. The fourth-order valence-corrected chi connectivity index (χ4v) is 5.28. The van der Waals surface area contributed by atoms with E-state index in [1.807, 2.05) is 54.6 Å². The number of nitrogens with one attached hydrogen (secondary N) is 1. The highest BCUT2D eigenvalue weighted by Gasteiger charge is 2.27. The van der Waals surface area contributed by atoms with Crippen LogP contribution in [0.15, 0.2) is 60.0 Å². The van der Waals surface area contributed by atoms with E-state index in [-0.39, 0.29) is 6.10 Å². The number of ether oxygens (including phenoxy) is 1. The lowest BCUT2D eigenvalue weighted by Gasteiger charge is -2.30. The molecule has 9 heteroatoms. The second kappa shape index (κ2) is 10.0. The number of nitrogens with zero attached hydrogens (tertiary/aromatic N) is 4. The number of aryl methyl sites for hydroxylation is 1. The maximum Gasteiger partial charge on any atom is 0.411 e. The molecule has 4 aromatic rings. The summed E-state index contributed by atoms with van der Waals surface area (Å²) in [4.78, 5) is 17.2. The maximum atomic E-state index is 11.9. The molecule has 5 rings (SSSR count). The van der Waals surface area contributed by atoms with Crippen molar-refractivity contribution in [2.75, 3.05) is 16.8 Å². The number of amides is 1. The number of carbonyl (C=O) groups is 1. The number of anilines is 2. The number of aromatic nitrogens is 4. The van der Waals surface area contributed by atoms with Gasteiger partial charge in [-0.15, -0.1) is 11.8 Å². The zero-order valence-electron chi connectivity index (χ0n) is 20.0. The second-order valence-corrected chi connectivity index (χ2v) is 10.2. The number of nitrogens with two attached hydrogens (primary N) is 1. The average molecular weight is 491 g/mol. The van der Waals surface area contributed by atoms with Crippen molar-refractivity contribution in [2.45, 2.75) is 56.7 Å².